The Labute approximate surface area is 317 Å². The van der Waals surface area contributed by atoms with Gasteiger partial charge in [-0.2, -0.15) is 0 Å². The van der Waals surface area contributed by atoms with E-state index < -0.39 is 116 Å². The summed E-state index contributed by atoms with van der Waals surface area (Å²) in [6.45, 7) is 5.21. The van der Waals surface area contributed by atoms with E-state index in [0.717, 1.165) is 6.42 Å². The van der Waals surface area contributed by atoms with Crippen molar-refractivity contribution in [2.45, 2.75) is 159 Å². The van der Waals surface area contributed by atoms with E-state index in [1.165, 1.54) is 13.0 Å². The van der Waals surface area contributed by atoms with Crippen LogP contribution >= 0.6 is 0 Å². The van der Waals surface area contributed by atoms with Crippen LogP contribution in [0.25, 0.3) is 0 Å². The van der Waals surface area contributed by atoms with Crippen molar-refractivity contribution in [3.8, 4) is 0 Å². The Bertz CT molecular complexity index is 1300. The molecule has 9 N–H and O–H groups in total. The van der Waals surface area contributed by atoms with Gasteiger partial charge in [0.2, 0.25) is 0 Å². The maximum Gasteiger partial charge on any atom is 0.311 e. The van der Waals surface area contributed by atoms with Gasteiger partial charge in [0.1, 0.15) is 29.7 Å². The monoisotopic (exact) mass is 767 g/mol. The van der Waals surface area contributed by atoms with Crippen LogP contribution < -0.4 is 5.73 Å². The third-order valence-electron chi connectivity index (χ3n) is 9.64. The number of esters is 1. The zero-order chi connectivity index (χ0) is 40.4. The van der Waals surface area contributed by atoms with Crippen LogP contribution in [0, 0.1) is 11.8 Å². The molecule has 15 nitrogen and oxygen atoms in total. The summed E-state index contributed by atoms with van der Waals surface area (Å²) in [6, 6.07) is -1.12. The van der Waals surface area contributed by atoms with Crippen molar-refractivity contribution in [2.75, 3.05) is 0 Å². The number of aliphatic carboxylic acids is 1. The van der Waals surface area contributed by atoms with Crippen molar-refractivity contribution in [2.24, 2.45) is 17.6 Å². The number of cyclic esters (lactones) is 1. The van der Waals surface area contributed by atoms with E-state index in [9.17, 15) is 54.9 Å². The molecule has 0 spiro atoms. The minimum atomic E-state index is -1.84. The molecule has 13 unspecified atom stereocenters. The smallest absolute Gasteiger partial charge is 0.311 e. The molecule has 1 fully saturated rings. The maximum absolute atomic E-state index is 13.0. The number of hydrogen-bond acceptors (Lipinski definition) is 14. The van der Waals surface area contributed by atoms with Crippen LogP contribution in [-0.2, 0) is 33.4 Å². The lowest BCUT2D eigenvalue weighted by molar-refractivity contribution is -0.277. The lowest BCUT2D eigenvalue weighted by atomic mass is 9.88. The van der Waals surface area contributed by atoms with E-state index in [1.807, 2.05) is 13.0 Å². The van der Waals surface area contributed by atoms with E-state index >= 15 is 0 Å². The van der Waals surface area contributed by atoms with Crippen LogP contribution in [0.3, 0.4) is 0 Å². The molecule has 0 aliphatic carbocycles. The first-order valence-corrected chi connectivity index (χ1v) is 18.9. The Hall–Kier alpha value is -3.12. The Morgan fingerprint density at radius 3 is 2.17 bits per heavy atom. The van der Waals surface area contributed by atoms with Gasteiger partial charge in [0.25, 0.3) is 0 Å². The Kier molecular flexibility index (Phi) is 21.3. The molecule has 2 aliphatic heterocycles. The van der Waals surface area contributed by atoms with Gasteiger partial charge < -0.3 is 55.7 Å². The van der Waals surface area contributed by atoms with E-state index in [4.69, 9.17) is 19.9 Å². The Balaban J connectivity index is 2.34. The summed E-state index contributed by atoms with van der Waals surface area (Å²) < 4.78 is 17.2. The number of nitrogens with two attached hydrogens (primary N) is 1. The number of carbonyl (C=O) groups is 4. The molecule has 13 atom stereocenters. The first-order valence-electron chi connectivity index (χ1n) is 18.9. The molecule has 2 heterocycles. The molecule has 0 saturated carbocycles. The second-order valence-corrected chi connectivity index (χ2v) is 14.2. The van der Waals surface area contributed by atoms with Gasteiger partial charge in [0, 0.05) is 38.5 Å². The molecule has 0 aromatic carbocycles. The third kappa shape index (κ3) is 15.9. The second kappa shape index (κ2) is 24.4. The number of hydrogen-bond donors (Lipinski definition) is 8. The number of rotatable bonds is 6. The standard InChI is InChI=1S/C39H61NO14/c1-4-14-27-17-11-9-7-6-8-10-12-18-28(54-39-36(48)34(40)35(47)23(3)52-39)22-32(46)33(37(49)50)31(45)21-26(43)19-24(41)15-13-16-25(42)20-30(44)29(5-2)38(51)53-27/h6-12,18,23-24,27-36,39,41,44-48H,4-5,13-17,19-22,40H2,1-3H3,(H,49,50)/b7-6-,10-8-,11-9-,18-12-. The highest BCUT2D eigenvalue weighted by Gasteiger charge is 2.43. The van der Waals surface area contributed by atoms with Crippen molar-refractivity contribution >= 4 is 23.5 Å². The molecule has 15 heteroatoms. The van der Waals surface area contributed by atoms with Gasteiger partial charge in [0.15, 0.2) is 6.29 Å². The molecular formula is C39H61NO14. The third-order valence-corrected chi connectivity index (χ3v) is 9.64. The molecule has 54 heavy (non-hydrogen) atoms. The van der Waals surface area contributed by atoms with Crippen LogP contribution in [0.15, 0.2) is 48.6 Å². The van der Waals surface area contributed by atoms with Crippen LogP contribution in [0.5, 0.6) is 0 Å². The number of allylic oxidation sites excluding steroid dienone is 6. The number of carbonyl (C=O) groups excluding carboxylic acids is 3. The largest absolute Gasteiger partial charge is 0.481 e. The average molecular weight is 768 g/mol. The summed E-state index contributed by atoms with van der Waals surface area (Å²) in [4.78, 5) is 50.6. The van der Waals surface area contributed by atoms with Crippen molar-refractivity contribution in [1.29, 1.82) is 0 Å². The number of ketones is 2. The van der Waals surface area contributed by atoms with Gasteiger partial charge in [-0.3, -0.25) is 19.2 Å². The van der Waals surface area contributed by atoms with Crippen LogP contribution in [0.1, 0.15) is 91.4 Å². The van der Waals surface area contributed by atoms with Crippen LogP contribution in [0.2, 0.25) is 0 Å². The SMILES string of the molecule is CCCC1C\C=C/C=C\C=C/C=C\C(OC2OC(C)C(O)C(N)C2O)CC(O)C(C(=O)O)C(O)CC(=O)CC(O)CCCC(=O)CC(O)C(CC)C(=O)O1. The zero-order valence-corrected chi connectivity index (χ0v) is 31.5. The van der Waals surface area contributed by atoms with Crippen LogP contribution in [0.4, 0.5) is 0 Å². The first kappa shape index (κ1) is 47.0. The van der Waals surface area contributed by atoms with Gasteiger partial charge in [-0.15, -0.1) is 0 Å². The number of carboxylic acids is 1. The fourth-order valence-electron chi connectivity index (χ4n) is 6.47. The highest BCUT2D eigenvalue weighted by molar-refractivity contribution is 5.81. The highest BCUT2D eigenvalue weighted by Crippen LogP contribution is 2.26. The molecule has 0 bridgehead atoms. The lowest BCUT2D eigenvalue weighted by Crippen LogP contribution is -2.61. The molecule has 2 aliphatic rings. The van der Waals surface area contributed by atoms with Gasteiger partial charge in [-0.05, 0) is 32.6 Å². The van der Waals surface area contributed by atoms with Crippen molar-refractivity contribution < 1.29 is 69.1 Å². The van der Waals surface area contributed by atoms with Gasteiger partial charge >= 0.3 is 11.9 Å². The van der Waals surface area contributed by atoms with E-state index in [0.29, 0.717) is 12.8 Å². The van der Waals surface area contributed by atoms with E-state index in [2.05, 4.69) is 0 Å². The molecule has 306 valence electrons. The van der Waals surface area contributed by atoms with Gasteiger partial charge in [0.05, 0.1) is 54.7 Å². The number of aliphatic hydroxyl groups excluding tert-OH is 6. The summed E-state index contributed by atoms with van der Waals surface area (Å²) in [6.07, 6.45) is 1.33. The molecule has 0 aromatic heterocycles. The normalized spacial score (nSPS) is 39.0. The predicted molar refractivity (Wildman–Crippen MR) is 196 cm³/mol. The molecular weight excluding hydrogens is 706 g/mol. The van der Waals surface area contributed by atoms with Gasteiger partial charge in [-0.25, -0.2) is 0 Å². The van der Waals surface area contributed by atoms with Crippen molar-refractivity contribution in [3.63, 3.8) is 0 Å². The van der Waals surface area contributed by atoms with E-state index in [-0.39, 0.29) is 37.9 Å². The summed E-state index contributed by atoms with van der Waals surface area (Å²) in [7, 11) is 0. The van der Waals surface area contributed by atoms with E-state index in [1.54, 1.807) is 43.4 Å². The number of Topliss-reactive ketones (excluding diaryl/α,β-unsaturated/α-hetero) is 2. The molecule has 1 saturated heterocycles. The summed E-state index contributed by atoms with van der Waals surface area (Å²) in [5.74, 6) is -5.91. The number of aliphatic hydroxyl groups is 6. The van der Waals surface area contributed by atoms with Crippen molar-refractivity contribution in [1.82, 2.24) is 0 Å². The van der Waals surface area contributed by atoms with Crippen LogP contribution in [-0.4, -0.2) is 127 Å². The Morgan fingerprint density at radius 1 is 0.870 bits per heavy atom. The summed E-state index contributed by atoms with van der Waals surface area (Å²) >= 11 is 0. The molecule has 0 radical (unpaired) electrons. The molecule has 2 rings (SSSR count). The zero-order valence-electron chi connectivity index (χ0n) is 31.5. The summed E-state index contributed by atoms with van der Waals surface area (Å²) in [5.41, 5.74) is 5.94. The first-order chi connectivity index (χ1) is 25.6. The number of carboxylic acid groups (broad SMARTS) is 1. The quantitative estimate of drug-likeness (QED) is 0.178. The maximum atomic E-state index is 13.0. The minimum Gasteiger partial charge on any atom is -0.481 e. The average Bonchev–Trinajstić information content (AvgIpc) is 3.08. The van der Waals surface area contributed by atoms with Crippen molar-refractivity contribution in [3.05, 3.63) is 48.6 Å². The minimum absolute atomic E-state index is 0.0261. The summed E-state index contributed by atoms with van der Waals surface area (Å²) in [5, 5.41) is 73.7. The Morgan fingerprint density at radius 2 is 1.52 bits per heavy atom. The fourth-order valence-corrected chi connectivity index (χ4v) is 6.47. The highest BCUT2D eigenvalue weighted by atomic mass is 16.7. The molecule has 0 amide bonds. The molecule has 0 aromatic rings. The number of ether oxygens (including phenoxy) is 3. The van der Waals surface area contributed by atoms with Gasteiger partial charge in [-0.1, -0.05) is 68.9 Å². The fraction of sp³-hybridized carbons (Fsp3) is 0.692. The topological polar surface area (TPSA) is 264 Å². The second-order valence-electron chi connectivity index (χ2n) is 14.2. The predicted octanol–water partition coefficient (Wildman–Crippen LogP) is 1.55. The lowest BCUT2D eigenvalue weighted by Gasteiger charge is -2.41.